The van der Waals surface area contributed by atoms with E-state index in [1.54, 1.807) is 6.07 Å². The largest absolute Gasteiger partial charge is 0.231 e. The Kier molecular flexibility index (Phi) is 2.52. The summed E-state index contributed by atoms with van der Waals surface area (Å²) >= 11 is 11.4. The minimum Gasteiger partial charge on any atom is -0.231 e. The van der Waals surface area contributed by atoms with Gasteiger partial charge < -0.3 is 0 Å². The molecule has 14 heavy (non-hydrogen) atoms. The number of rotatable bonds is 1. The molecule has 0 fully saturated rings. The van der Waals surface area contributed by atoms with Crippen LogP contribution >= 0.6 is 23.2 Å². The van der Waals surface area contributed by atoms with Crippen molar-refractivity contribution >= 4 is 34.1 Å². The molecule has 0 saturated heterocycles. The highest BCUT2D eigenvalue weighted by atomic mass is 35.5. The number of halogens is 3. The van der Waals surface area contributed by atoms with Crippen molar-refractivity contribution in [1.82, 2.24) is 9.97 Å². The molecule has 1 aromatic heterocycles. The molecule has 0 N–H and O–H groups in total. The van der Waals surface area contributed by atoms with Gasteiger partial charge in [0.05, 0.1) is 11.4 Å². The molecule has 2 aromatic rings. The van der Waals surface area contributed by atoms with Gasteiger partial charge in [0.25, 0.3) is 0 Å². The number of aromatic nitrogens is 2. The third kappa shape index (κ3) is 1.65. The molecule has 2 rings (SSSR count). The van der Waals surface area contributed by atoms with E-state index in [2.05, 4.69) is 9.97 Å². The average molecular weight is 231 g/mol. The summed E-state index contributed by atoms with van der Waals surface area (Å²) in [5.74, 6) is 0.268. The van der Waals surface area contributed by atoms with E-state index in [0.29, 0.717) is 16.7 Å². The summed E-state index contributed by atoms with van der Waals surface area (Å²) in [6, 6.07) is 4.17. The molecule has 0 atom stereocenters. The van der Waals surface area contributed by atoms with Crippen LogP contribution in [0.2, 0.25) is 5.15 Å². The molecule has 0 saturated carbocycles. The van der Waals surface area contributed by atoms with Crippen molar-refractivity contribution in [1.29, 1.82) is 0 Å². The smallest absolute Gasteiger partial charge is 0.145 e. The highest BCUT2D eigenvalue weighted by Gasteiger charge is 2.05. The lowest BCUT2D eigenvalue weighted by Gasteiger charge is -2.01. The third-order valence-electron chi connectivity index (χ3n) is 1.78. The predicted molar refractivity (Wildman–Crippen MR) is 54.1 cm³/mol. The first-order chi connectivity index (χ1) is 6.70. The molecule has 0 bridgehead atoms. The van der Waals surface area contributed by atoms with Crippen LogP contribution in [-0.4, -0.2) is 9.97 Å². The Morgan fingerprint density at radius 3 is 2.79 bits per heavy atom. The van der Waals surface area contributed by atoms with Gasteiger partial charge >= 0.3 is 0 Å². The van der Waals surface area contributed by atoms with Gasteiger partial charge in [-0.2, -0.15) is 0 Å². The zero-order valence-corrected chi connectivity index (χ0v) is 8.48. The quantitative estimate of drug-likeness (QED) is 0.556. The van der Waals surface area contributed by atoms with Crippen LogP contribution in [-0.2, 0) is 5.88 Å². The van der Waals surface area contributed by atoms with E-state index in [-0.39, 0.29) is 16.9 Å². The van der Waals surface area contributed by atoms with Crippen molar-refractivity contribution in [2.24, 2.45) is 0 Å². The van der Waals surface area contributed by atoms with E-state index in [1.807, 2.05) is 0 Å². The lowest BCUT2D eigenvalue weighted by Crippen LogP contribution is -1.93. The first-order valence-corrected chi connectivity index (χ1v) is 4.79. The van der Waals surface area contributed by atoms with Crippen molar-refractivity contribution in [2.45, 2.75) is 5.88 Å². The Morgan fingerprint density at radius 1 is 1.29 bits per heavy atom. The van der Waals surface area contributed by atoms with Crippen LogP contribution in [0.25, 0.3) is 10.9 Å². The number of alkyl halides is 1. The molecule has 1 heterocycles. The molecule has 1 aromatic carbocycles. The third-order valence-corrected chi connectivity index (χ3v) is 2.30. The molecule has 2 nitrogen and oxygen atoms in total. The highest BCUT2D eigenvalue weighted by molar-refractivity contribution is 6.34. The van der Waals surface area contributed by atoms with Gasteiger partial charge in [-0.05, 0) is 18.2 Å². The summed E-state index contributed by atoms with van der Waals surface area (Å²) in [6.07, 6.45) is 0. The molecule has 72 valence electrons. The molecular formula is C9H5Cl2FN2. The van der Waals surface area contributed by atoms with Gasteiger partial charge in [-0.25, -0.2) is 14.4 Å². The van der Waals surface area contributed by atoms with Crippen LogP contribution in [0.5, 0.6) is 0 Å². The maximum absolute atomic E-state index is 12.9. The SMILES string of the molecule is Fc1ccc2nc(CCl)nc(Cl)c2c1. The number of benzene rings is 1. The monoisotopic (exact) mass is 230 g/mol. The van der Waals surface area contributed by atoms with Crippen LogP contribution in [0, 0.1) is 5.82 Å². The molecule has 0 aliphatic rings. The molecule has 0 amide bonds. The normalized spacial score (nSPS) is 10.8. The second kappa shape index (κ2) is 3.67. The highest BCUT2D eigenvalue weighted by Crippen LogP contribution is 2.21. The van der Waals surface area contributed by atoms with Gasteiger partial charge in [-0.3, -0.25) is 0 Å². The summed E-state index contributed by atoms with van der Waals surface area (Å²) in [6.45, 7) is 0. The zero-order chi connectivity index (χ0) is 10.1. The second-order valence-corrected chi connectivity index (χ2v) is 3.35. The van der Waals surface area contributed by atoms with Crippen LogP contribution < -0.4 is 0 Å². The summed E-state index contributed by atoms with van der Waals surface area (Å²) in [5.41, 5.74) is 0.599. The molecule has 0 unspecified atom stereocenters. The molecular weight excluding hydrogens is 226 g/mol. The molecule has 0 aliphatic carbocycles. The van der Waals surface area contributed by atoms with Crippen LogP contribution in [0.3, 0.4) is 0 Å². The molecule has 0 radical (unpaired) electrons. The van der Waals surface area contributed by atoms with Gasteiger partial charge in [0.2, 0.25) is 0 Å². The standard InChI is InChI=1S/C9H5Cl2FN2/c10-4-8-13-7-2-1-5(12)3-6(7)9(11)14-8/h1-3H,4H2. The fourth-order valence-corrected chi connectivity index (χ4v) is 1.54. The Hall–Kier alpha value is -0.930. The van der Waals surface area contributed by atoms with Gasteiger partial charge in [0, 0.05) is 5.39 Å². The summed E-state index contributed by atoms with van der Waals surface area (Å²) < 4.78 is 12.9. The predicted octanol–water partition coefficient (Wildman–Crippen LogP) is 3.16. The minimum absolute atomic E-state index is 0.188. The minimum atomic E-state index is -0.360. The Morgan fingerprint density at radius 2 is 2.07 bits per heavy atom. The van der Waals surface area contributed by atoms with Gasteiger partial charge in [-0.15, -0.1) is 11.6 Å². The number of hydrogen-bond donors (Lipinski definition) is 0. The Bertz CT molecular complexity index is 487. The topological polar surface area (TPSA) is 25.8 Å². The Labute approximate surface area is 89.7 Å². The van der Waals surface area contributed by atoms with Crippen molar-refractivity contribution in [2.75, 3.05) is 0 Å². The summed E-state index contributed by atoms with van der Waals surface area (Å²) in [7, 11) is 0. The summed E-state index contributed by atoms with van der Waals surface area (Å²) in [4.78, 5) is 8.02. The van der Waals surface area contributed by atoms with E-state index in [1.165, 1.54) is 12.1 Å². The maximum atomic E-state index is 12.9. The maximum Gasteiger partial charge on any atom is 0.145 e. The zero-order valence-electron chi connectivity index (χ0n) is 6.97. The fourth-order valence-electron chi connectivity index (χ4n) is 1.17. The average Bonchev–Trinajstić information content (AvgIpc) is 2.19. The van der Waals surface area contributed by atoms with E-state index in [4.69, 9.17) is 23.2 Å². The lowest BCUT2D eigenvalue weighted by molar-refractivity contribution is 0.629. The van der Waals surface area contributed by atoms with Gasteiger partial charge in [-0.1, -0.05) is 11.6 Å². The number of fused-ring (bicyclic) bond motifs is 1. The molecule has 5 heteroatoms. The first-order valence-electron chi connectivity index (χ1n) is 3.88. The lowest BCUT2D eigenvalue weighted by atomic mass is 10.2. The number of hydrogen-bond acceptors (Lipinski definition) is 2. The van der Waals surface area contributed by atoms with Crippen molar-refractivity contribution in [3.8, 4) is 0 Å². The first kappa shape index (κ1) is 9.62. The van der Waals surface area contributed by atoms with Crippen molar-refractivity contribution < 1.29 is 4.39 Å². The van der Waals surface area contributed by atoms with Crippen molar-refractivity contribution in [3.63, 3.8) is 0 Å². The van der Waals surface area contributed by atoms with Gasteiger partial charge in [0.15, 0.2) is 0 Å². The molecule has 0 spiro atoms. The van der Waals surface area contributed by atoms with E-state index in [0.717, 1.165) is 0 Å². The van der Waals surface area contributed by atoms with E-state index >= 15 is 0 Å². The van der Waals surface area contributed by atoms with Gasteiger partial charge in [0.1, 0.15) is 16.8 Å². The van der Waals surface area contributed by atoms with Crippen molar-refractivity contribution in [3.05, 3.63) is 35.0 Å². The fraction of sp³-hybridized carbons (Fsp3) is 0.111. The summed E-state index contributed by atoms with van der Waals surface area (Å²) in [5, 5.41) is 0.727. The second-order valence-electron chi connectivity index (χ2n) is 2.73. The van der Waals surface area contributed by atoms with Crippen LogP contribution in [0.15, 0.2) is 18.2 Å². The molecule has 0 aliphatic heterocycles. The van der Waals surface area contributed by atoms with Crippen LogP contribution in [0.4, 0.5) is 4.39 Å². The number of nitrogens with zero attached hydrogens (tertiary/aromatic N) is 2. The van der Waals surface area contributed by atoms with Crippen LogP contribution in [0.1, 0.15) is 5.82 Å². The van der Waals surface area contributed by atoms with E-state index in [9.17, 15) is 4.39 Å². The van der Waals surface area contributed by atoms with E-state index < -0.39 is 0 Å². The Balaban J connectivity index is 2.76.